The molecule has 0 atom stereocenters. The molecule has 0 N–H and O–H groups in total. The highest BCUT2D eigenvalue weighted by Crippen LogP contribution is 2.53. The van der Waals surface area contributed by atoms with Crippen LogP contribution in [-0.2, 0) is 0 Å². The molecule has 0 aliphatic rings. The number of rotatable bonds is 0. The first kappa shape index (κ1) is 16.2. The van der Waals surface area contributed by atoms with Gasteiger partial charge in [-0.15, -0.1) is 0 Å². The van der Waals surface area contributed by atoms with Crippen molar-refractivity contribution in [1.29, 1.82) is 0 Å². The molecule has 0 aliphatic carbocycles. The van der Waals surface area contributed by atoms with E-state index in [4.69, 9.17) is 0 Å². The van der Waals surface area contributed by atoms with Crippen molar-refractivity contribution in [3.05, 3.63) is 97.1 Å². The average molecular weight is 425 g/mol. The molecule has 0 unspecified atom stereocenters. The monoisotopic (exact) mass is 424 g/mol. The summed E-state index contributed by atoms with van der Waals surface area (Å²) in [7, 11) is 0. The molecule has 152 valence electrons. The highest BCUT2D eigenvalue weighted by molar-refractivity contribution is 6.52. The van der Waals surface area contributed by atoms with E-state index in [9.17, 15) is 0 Å². The summed E-state index contributed by atoms with van der Waals surface area (Å²) in [5, 5.41) is 25.1. The maximum atomic E-state index is 2.47. The first-order valence-corrected chi connectivity index (χ1v) is 12.0. The smallest absolute Gasteiger partial charge is 0.000115 e. The van der Waals surface area contributed by atoms with Gasteiger partial charge in [0.15, 0.2) is 0 Å². The second-order valence-corrected chi connectivity index (χ2v) is 10.0. The molecule has 0 heteroatoms. The van der Waals surface area contributed by atoms with Crippen molar-refractivity contribution in [3.63, 3.8) is 0 Å². The fourth-order valence-corrected chi connectivity index (χ4v) is 7.39. The SMILES string of the molecule is c1cc2ccc3ccc4c5cccc6c7cccc8ccc9cc%10c(c1)c2c3c4c%10c(c65)c9c87. The maximum absolute atomic E-state index is 2.47. The van der Waals surface area contributed by atoms with Crippen LogP contribution in [-0.4, -0.2) is 0 Å². The van der Waals surface area contributed by atoms with Crippen LogP contribution in [0, 0.1) is 0 Å². The highest BCUT2D eigenvalue weighted by Gasteiger charge is 2.24. The molecule has 0 saturated carbocycles. The molecule has 10 rings (SSSR count). The molecule has 10 aromatic rings. The van der Waals surface area contributed by atoms with E-state index < -0.39 is 0 Å². The van der Waals surface area contributed by atoms with Crippen molar-refractivity contribution in [2.75, 3.05) is 0 Å². The van der Waals surface area contributed by atoms with Crippen LogP contribution in [0.25, 0.3) is 97.0 Å². The second-order valence-electron chi connectivity index (χ2n) is 10.0. The Balaban J connectivity index is 1.76. The Kier molecular flexibility index (Phi) is 2.41. The van der Waals surface area contributed by atoms with Crippen molar-refractivity contribution in [3.8, 4) is 0 Å². The van der Waals surface area contributed by atoms with Crippen LogP contribution in [0.15, 0.2) is 97.1 Å². The topological polar surface area (TPSA) is 0 Å². The van der Waals surface area contributed by atoms with E-state index in [2.05, 4.69) is 97.1 Å². The Morgan fingerprint density at radius 2 is 0.676 bits per heavy atom. The lowest BCUT2D eigenvalue weighted by atomic mass is 9.78. The Labute approximate surface area is 193 Å². The van der Waals surface area contributed by atoms with Gasteiger partial charge in [0.2, 0.25) is 0 Å². The van der Waals surface area contributed by atoms with Gasteiger partial charge in [-0.05, 0) is 103 Å². The summed E-state index contributed by atoms with van der Waals surface area (Å²) in [6, 6.07) is 36.9. The average Bonchev–Trinajstić information content (AvgIpc) is 2.90. The third-order valence-electron chi connectivity index (χ3n) is 8.61. The summed E-state index contributed by atoms with van der Waals surface area (Å²) in [5.41, 5.74) is 0. The molecule has 0 fully saturated rings. The lowest BCUT2D eigenvalue weighted by Crippen LogP contribution is -1.95. The van der Waals surface area contributed by atoms with E-state index in [1.807, 2.05) is 0 Å². The minimum atomic E-state index is 1.33. The van der Waals surface area contributed by atoms with Gasteiger partial charge in [0, 0.05) is 0 Å². The van der Waals surface area contributed by atoms with Crippen molar-refractivity contribution in [2.45, 2.75) is 0 Å². The highest BCUT2D eigenvalue weighted by atomic mass is 14.3. The molecular weight excluding hydrogens is 408 g/mol. The molecular formula is C34H16. The maximum Gasteiger partial charge on any atom is -0.000115 e. The van der Waals surface area contributed by atoms with E-state index in [1.54, 1.807) is 0 Å². The standard InChI is InChI=1S/C34H16/c1-4-18-12-13-20-16-26-24-7-2-5-17-10-11-19-14-15-25-23-9-3-8-22-21(6-1)27(18)30(20)34(31(22)23)33(26)32(25)29(19)28(17)24/h1-16H. The third kappa shape index (κ3) is 1.54. The number of hydrogen-bond donors (Lipinski definition) is 0. The predicted octanol–water partition coefficient (Wildman–Crippen LogP) is 9.82. The Morgan fingerprint density at radius 1 is 0.235 bits per heavy atom. The minimum absolute atomic E-state index is 1.33. The molecule has 0 nitrogen and oxygen atoms in total. The van der Waals surface area contributed by atoms with E-state index in [-0.39, 0.29) is 0 Å². The van der Waals surface area contributed by atoms with Crippen molar-refractivity contribution in [2.24, 2.45) is 0 Å². The molecule has 0 aliphatic heterocycles. The molecule has 0 heterocycles. The van der Waals surface area contributed by atoms with E-state index in [0.29, 0.717) is 0 Å². The van der Waals surface area contributed by atoms with Gasteiger partial charge in [-0.25, -0.2) is 0 Å². The fourth-order valence-electron chi connectivity index (χ4n) is 7.39. The molecule has 0 bridgehead atoms. The zero-order chi connectivity index (χ0) is 21.7. The zero-order valence-electron chi connectivity index (χ0n) is 18.2. The Bertz CT molecular complexity index is 2420. The van der Waals surface area contributed by atoms with Crippen LogP contribution in [0.3, 0.4) is 0 Å². The van der Waals surface area contributed by atoms with Gasteiger partial charge in [0.05, 0.1) is 0 Å². The minimum Gasteiger partial charge on any atom is -0.0610 e. The summed E-state index contributed by atoms with van der Waals surface area (Å²) in [5.74, 6) is 0. The number of benzene rings is 10. The summed E-state index contributed by atoms with van der Waals surface area (Å²) < 4.78 is 0. The van der Waals surface area contributed by atoms with Gasteiger partial charge in [0.25, 0.3) is 0 Å². The third-order valence-corrected chi connectivity index (χ3v) is 8.61. The van der Waals surface area contributed by atoms with Gasteiger partial charge in [0.1, 0.15) is 0 Å². The first-order chi connectivity index (χ1) is 16.9. The molecule has 0 amide bonds. The summed E-state index contributed by atoms with van der Waals surface area (Å²) >= 11 is 0. The summed E-state index contributed by atoms with van der Waals surface area (Å²) in [6.45, 7) is 0. The molecule has 0 saturated heterocycles. The van der Waals surface area contributed by atoms with Crippen molar-refractivity contribution in [1.82, 2.24) is 0 Å². The Hall–Kier alpha value is -4.42. The fraction of sp³-hybridized carbons (Fsp3) is 0. The van der Waals surface area contributed by atoms with Gasteiger partial charge >= 0.3 is 0 Å². The first-order valence-electron chi connectivity index (χ1n) is 12.0. The van der Waals surface area contributed by atoms with Crippen LogP contribution < -0.4 is 0 Å². The van der Waals surface area contributed by atoms with Gasteiger partial charge < -0.3 is 0 Å². The summed E-state index contributed by atoms with van der Waals surface area (Å²) in [4.78, 5) is 0. The van der Waals surface area contributed by atoms with Crippen LogP contribution in [0.2, 0.25) is 0 Å². The molecule has 0 aromatic heterocycles. The quantitative estimate of drug-likeness (QED) is 0.168. The number of hydrogen-bond acceptors (Lipinski definition) is 0. The molecule has 0 radical (unpaired) electrons. The van der Waals surface area contributed by atoms with Crippen LogP contribution >= 0.6 is 0 Å². The van der Waals surface area contributed by atoms with Crippen LogP contribution in [0.5, 0.6) is 0 Å². The van der Waals surface area contributed by atoms with Crippen LogP contribution in [0.1, 0.15) is 0 Å². The van der Waals surface area contributed by atoms with Crippen molar-refractivity contribution < 1.29 is 0 Å². The van der Waals surface area contributed by atoms with E-state index in [0.717, 1.165) is 0 Å². The lowest BCUT2D eigenvalue weighted by Gasteiger charge is -2.24. The largest absolute Gasteiger partial charge is 0.0610 e. The Morgan fingerprint density at radius 3 is 1.38 bits per heavy atom. The predicted molar refractivity (Wildman–Crippen MR) is 149 cm³/mol. The van der Waals surface area contributed by atoms with Crippen LogP contribution in [0.4, 0.5) is 0 Å². The van der Waals surface area contributed by atoms with Gasteiger partial charge in [-0.3, -0.25) is 0 Å². The lowest BCUT2D eigenvalue weighted by molar-refractivity contribution is 1.80. The zero-order valence-corrected chi connectivity index (χ0v) is 18.2. The molecule has 0 spiro atoms. The molecule has 10 aromatic carbocycles. The van der Waals surface area contributed by atoms with Gasteiger partial charge in [-0.1, -0.05) is 91.0 Å². The van der Waals surface area contributed by atoms with E-state index in [1.165, 1.54) is 97.0 Å². The van der Waals surface area contributed by atoms with Crippen molar-refractivity contribution >= 4 is 97.0 Å². The second kappa shape index (κ2) is 5.05. The normalized spacial score (nSPS) is 13.3. The number of fused-ring (bicyclic) bond motifs is 3. The van der Waals surface area contributed by atoms with E-state index >= 15 is 0 Å². The van der Waals surface area contributed by atoms with Gasteiger partial charge in [-0.2, -0.15) is 0 Å². The molecule has 34 heavy (non-hydrogen) atoms. The summed E-state index contributed by atoms with van der Waals surface area (Å²) in [6.07, 6.45) is 0.